The second kappa shape index (κ2) is 8.13. The normalized spacial score (nSPS) is 16.5. The fraction of sp³-hybridized carbons (Fsp3) is 0.444. The summed E-state index contributed by atoms with van der Waals surface area (Å²) in [5.74, 6) is 0.393. The van der Waals surface area contributed by atoms with Crippen LogP contribution in [-0.2, 0) is 9.47 Å². The van der Waals surface area contributed by atoms with E-state index in [0.717, 1.165) is 5.56 Å². The van der Waals surface area contributed by atoms with Gasteiger partial charge >= 0.3 is 5.69 Å². The Morgan fingerprint density at radius 3 is 2.64 bits per heavy atom. The van der Waals surface area contributed by atoms with Gasteiger partial charge in [-0.2, -0.15) is 0 Å². The van der Waals surface area contributed by atoms with Crippen molar-refractivity contribution < 1.29 is 9.47 Å². The Kier molecular flexibility index (Phi) is 5.67. The number of ether oxygens (including phenoxy) is 2. The van der Waals surface area contributed by atoms with Crippen LogP contribution in [0.3, 0.4) is 0 Å². The summed E-state index contributed by atoms with van der Waals surface area (Å²) >= 11 is 0. The second-order valence-electron chi connectivity index (χ2n) is 6.10. The second-order valence-corrected chi connectivity index (χ2v) is 6.10. The average molecular weight is 345 g/mol. The molecular formula is C18H23N3O4. The van der Waals surface area contributed by atoms with Gasteiger partial charge in [-0.3, -0.25) is 14.3 Å². The molecule has 134 valence electrons. The molecule has 0 spiro atoms. The summed E-state index contributed by atoms with van der Waals surface area (Å²) < 4.78 is 11.9. The molecule has 0 unspecified atom stereocenters. The molecule has 1 fully saturated rings. The summed E-state index contributed by atoms with van der Waals surface area (Å²) in [6.45, 7) is 1.55. The first-order valence-electron chi connectivity index (χ1n) is 8.43. The van der Waals surface area contributed by atoms with E-state index in [1.165, 1.54) is 10.6 Å². The van der Waals surface area contributed by atoms with E-state index in [-0.39, 0.29) is 17.6 Å². The number of nitrogens with one attached hydrogen (secondary N) is 2. The summed E-state index contributed by atoms with van der Waals surface area (Å²) in [5.41, 5.74) is 0.312. The van der Waals surface area contributed by atoms with Crippen LogP contribution in [-0.4, -0.2) is 36.5 Å². The zero-order chi connectivity index (χ0) is 17.6. The molecule has 1 aliphatic rings. The summed E-state index contributed by atoms with van der Waals surface area (Å²) in [6.07, 6.45) is 1.35. The van der Waals surface area contributed by atoms with Crippen molar-refractivity contribution in [1.82, 2.24) is 9.55 Å². The zero-order valence-electron chi connectivity index (χ0n) is 14.2. The van der Waals surface area contributed by atoms with Crippen LogP contribution in [0, 0.1) is 0 Å². The minimum Gasteiger partial charge on any atom is -0.382 e. The zero-order valence-corrected chi connectivity index (χ0v) is 14.2. The Morgan fingerprint density at radius 1 is 1.28 bits per heavy atom. The third kappa shape index (κ3) is 4.18. The number of H-pyrrole nitrogens is 1. The van der Waals surface area contributed by atoms with Crippen molar-refractivity contribution in [1.29, 1.82) is 0 Å². The van der Waals surface area contributed by atoms with E-state index in [0.29, 0.717) is 38.5 Å². The van der Waals surface area contributed by atoms with Gasteiger partial charge in [-0.25, -0.2) is 4.79 Å². The van der Waals surface area contributed by atoms with Crippen LogP contribution in [0.5, 0.6) is 0 Å². The Labute approximate surface area is 145 Å². The lowest BCUT2D eigenvalue weighted by atomic mass is 10.1. The van der Waals surface area contributed by atoms with Crippen LogP contribution in [0.15, 0.2) is 46.0 Å². The molecule has 1 aromatic heterocycles. The van der Waals surface area contributed by atoms with Crippen molar-refractivity contribution in [3.05, 3.63) is 62.8 Å². The fourth-order valence-corrected chi connectivity index (χ4v) is 3.13. The van der Waals surface area contributed by atoms with Crippen LogP contribution in [0.25, 0.3) is 0 Å². The topological polar surface area (TPSA) is 85.3 Å². The van der Waals surface area contributed by atoms with E-state index in [1.807, 2.05) is 30.3 Å². The molecule has 7 heteroatoms. The van der Waals surface area contributed by atoms with Crippen molar-refractivity contribution in [2.24, 2.45) is 0 Å². The van der Waals surface area contributed by atoms with Gasteiger partial charge in [0, 0.05) is 32.4 Å². The van der Waals surface area contributed by atoms with Crippen LogP contribution in [0.2, 0.25) is 0 Å². The maximum atomic E-state index is 12.5. The summed E-state index contributed by atoms with van der Waals surface area (Å²) in [5, 5.41) is 3.19. The third-order valence-electron chi connectivity index (χ3n) is 4.39. The molecule has 3 rings (SSSR count). The molecule has 0 aliphatic carbocycles. The first-order chi connectivity index (χ1) is 12.2. The SMILES string of the molecule is COC[C@H](Nc1cc(=O)n(C2CCOCC2)c(=O)[nH]1)c1ccccc1. The van der Waals surface area contributed by atoms with E-state index in [4.69, 9.17) is 9.47 Å². The number of anilines is 1. The lowest BCUT2D eigenvalue weighted by molar-refractivity contribution is 0.0674. The summed E-state index contributed by atoms with van der Waals surface area (Å²) in [6, 6.07) is 10.9. The molecular weight excluding hydrogens is 322 g/mol. The van der Waals surface area contributed by atoms with Gasteiger partial charge in [0.1, 0.15) is 5.82 Å². The lowest BCUT2D eigenvalue weighted by Gasteiger charge is -2.24. The van der Waals surface area contributed by atoms with Gasteiger partial charge in [0.15, 0.2) is 0 Å². The minimum atomic E-state index is -0.397. The van der Waals surface area contributed by atoms with Crippen LogP contribution in [0.4, 0.5) is 5.82 Å². The van der Waals surface area contributed by atoms with Gasteiger partial charge in [0.05, 0.1) is 12.6 Å². The Balaban J connectivity index is 1.85. The number of benzene rings is 1. The standard InChI is InChI=1S/C18H23N3O4/c1-24-12-15(13-5-3-2-4-6-13)19-16-11-17(22)21(18(23)20-16)14-7-9-25-10-8-14/h2-6,11,14-15,19H,7-10,12H2,1H3,(H,20,23)/t15-/m0/s1. The van der Waals surface area contributed by atoms with Gasteiger partial charge in [-0.15, -0.1) is 0 Å². The van der Waals surface area contributed by atoms with E-state index < -0.39 is 5.69 Å². The molecule has 0 saturated carbocycles. The lowest BCUT2D eigenvalue weighted by Crippen LogP contribution is -2.40. The predicted molar refractivity (Wildman–Crippen MR) is 95.1 cm³/mol. The predicted octanol–water partition coefficient (Wildman–Crippen LogP) is 1.69. The number of hydrogen-bond acceptors (Lipinski definition) is 5. The minimum absolute atomic E-state index is 0.108. The van der Waals surface area contributed by atoms with Crippen molar-refractivity contribution in [3.8, 4) is 0 Å². The number of aromatic amines is 1. The molecule has 1 saturated heterocycles. The van der Waals surface area contributed by atoms with Crippen LogP contribution >= 0.6 is 0 Å². The Morgan fingerprint density at radius 2 is 2.00 bits per heavy atom. The molecule has 1 aromatic carbocycles. The molecule has 25 heavy (non-hydrogen) atoms. The third-order valence-corrected chi connectivity index (χ3v) is 4.39. The Bertz CT molecular complexity index is 763. The molecule has 7 nitrogen and oxygen atoms in total. The molecule has 2 N–H and O–H groups in total. The van der Waals surface area contributed by atoms with Crippen molar-refractivity contribution in [3.63, 3.8) is 0 Å². The van der Waals surface area contributed by atoms with E-state index in [9.17, 15) is 9.59 Å². The quantitative estimate of drug-likeness (QED) is 0.832. The van der Waals surface area contributed by atoms with Gasteiger partial charge < -0.3 is 14.8 Å². The van der Waals surface area contributed by atoms with E-state index in [1.54, 1.807) is 7.11 Å². The maximum Gasteiger partial charge on any atom is 0.330 e. The summed E-state index contributed by atoms with van der Waals surface area (Å²) in [4.78, 5) is 27.7. The van der Waals surface area contributed by atoms with Crippen molar-refractivity contribution >= 4 is 5.82 Å². The fourth-order valence-electron chi connectivity index (χ4n) is 3.13. The van der Waals surface area contributed by atoms with Gasteiger partial charge in [0.25, 0.3) is 5.56 Å². The number of aromatic nitrogens is 2. The van der Waals surface area contributed by atoms with Gasteiger partial charge in [-0.05, 0) is 18.4 Å². The van der Waals surface area contributed by atoms with Gasteiger partial charge in [-0.1, -0.05) is 30.3 Å². The van der Waals surface area contributed by atoms with Crippen molar-refractivity contribution in [2.45, 2.75) is 24.9 Å². The number of nitrogens with zero attached hydrogens (tertiary/aromatic N) is 1. The molecule has 1 aliphatic heterocycles. The molecule has 0 radical (unpaired) electrons. The highest BCUT2D eigenvalue weighted by molar-refractivity contribution is 5.37. The smallest absolute Gasteiger partial charge is 0.330 e. The Hall–Kier alpha value is -2.38. The molecule has 2 heterocycles. The van der Waals surface area contributed by atoms with E-state index in [2.05, 4.69) is 10.3 Å². The van der Waals surface area contributed by atoms with Gasteiger partial charge in [0.2, 0.25) is 0 Å². The molecule has 0 bridgehead atoms. The first-order valence-corrected chi connectivity index (χ1v) is 8.43. The van der Waals surface area contributed by atoms with E-state index >= 15 is 0 Å². The van der Waals surface area contributed by atoms with Crippen LogP contribution in [0.1, 0.15) is 30.5 Å². The van der Waals surface area contributed by atoms with Crippen molar-refractivity contribution in [2.75, 3.05) is 32.2 Å². The molecule has 2 aromatic rings. The molecule has 1 atom stereocenters. The first kappa shape index (κ1) is 17.4. The number of rotatable bonds is 6. The largest absolute Gasteiger partial charge is 0.382 e. The molecule has 0 amide bonds. The number of methoxy groups -OCH3 is 1. The maximum absolute atomic E-state index is 12.5. The average Bonchev–Trinajstić information content (AvgIpc) is 2.62. The highest BCUT2D eigenvalue weighted by Crippen LogP contribution is 2.19. The number of hydrogen-bond donors (Lipinski definition) is 2. The monoisotopic (exact) mass is 345 g/mol. The highest BCUT2D eigenvalue weighted by Gasteiger charge is 2.20. The highest BCUT2D eigenvalue weighted by atomic mass is 16.5. The summed E-state index contributed by atoms with van der Waals surface area (Å²) in [7, 11) is 1.61. The van der Waals surface area contributed by atoms with Crippen LogP contribution < -0.4 is 16.6 Å².